The third-order valence-electron chi connectivity index (χ3n) is 4.87. The van der Waals surface area contributed by atoms with E-state index in [9.17, 15) is 10.2 Å². The summed E-state index contributed by atoms with van der Waals surface area (Å²) in [6, 6.07) is 13.9. The summed E-state index contributed by atoms with van der Waals surface area (Å²) >= 11 is 0. The summed E-state index contributed by atoms with van der Waals surface area (Å²) in [5, 5.41) is 20.5. The first kappa shape index (κ1) is 20.6. The third kappa shape index (κ3) is 5.92. The molecule has 1 aromatic carbocycles. The van der Waals surface area contributed by atoms with Gasteiger partial charge >= 0.3 is 0 Å². The smallest absolute Gasteiger partial charge is 0.142 e. The molecule has 2 N–H and O–H groups in total. The van der Waals surface area contributed by atoms with E-state index in [1.54, 1.807) is 0 Å². The second kappa shape index (κ2) is 10.4. The Balaban J connectivity index is 1.85. The molecule has 2 aromatic rings. The molecule has 0 amide bonds. The van der Waals surface area contributed by atoms with Crippen LogP contribution in [0, 0.1) is 6.92 Å². The highest BCUT2D eigenvalue weighted by Gasteiger charge is 2.20. The molecule has 0 unspecified atom stereocenters. The zero-order valence-corrected chi connectivity index (χ0v) is 16.5. The number of ether oxygens (including phenoxy) is 2. The predicted octanol–water partition coefficient (Wildman–Crippen LogP) is 2.70. The van der Waals surface area contributed by atoms with Crippen LogP contribution in [0.25, 0.3) is 0 Å². The SMILES string of the molecule is Cc1cccc(CN2CC[C@H](O)[C@H](O)COCCCCOc3ccccc32)n1. The van der Waals surface area contributed by atoms with Crippen LogP contribution in [0.3, 0.4) is 0 Å². The zero-order chi connectivity index (χ0) is 19.8. The number of hydrogen-bond donors (Lipinski definition) is 2. The van der Waals surface area contributed by atoms with Crippen molar-refractivity contribution in [2.24, 2.45) is 0 Å². The molecule has 0 fully saturated rings. The molecular weight excluding hydrogens is 356 g/mol. The molecule has 0 saturated carbocycles. The van der Waals surface area contributed by atoms with Crippen LogP contribution in [-0.2, 0) is 11.3 Å². The van der Waals surface area contributed by atoms with Gasteiger partial charge in [0.25, 0.3) is 0 Å². The maximum Gasteiger partial charge on any atom is 0.142 e. The van der Waals surface area contributed by atoms with Crippen LogP contribution in [0.2, 0.25) is 0 Å². The Morgan fingerprint density at radius 3 is 2.71 bits per heavy atom. The molecular formula is C22H30N2O4. The number of hydrogen-bond acceptors (Lipinski definition) is 6. The lowest BCUT2D eigenvalue weighted by atomic mass is 10.1. The van der Waals surface area contributed by atoms with E-state index in [-0.39, 0.29) is 6.61 Å². The highest BCUT2D eigenvalue weighted by atomic mass is 16.5. The Bertz CT molecular complexity index is 740. The number of aromatic nitrogens is 1. The van der Waals surface area contributed by atoms with Crippen molar-refractivity contribution in [1.82, 2.24) is 4.98 Å². The number of pyridine rings is 1. The van der Waals surface area contributed by atoms with Gasteiger partial charge in [0.05, 0.1) is 37.2 Å². The van der Waals surface area contributed by atoms with E-state index in [0.717, 1.165) is 35.7 Å². The average molecular weight is 386 g/mol. The molecule has 0 spiro atoms. The maximum atomic E-state index is 10.4. The Kier molecular flexibility index (Phi) is 7.65. The van der Waals surface area contributed by atoms with Crippen molar-refractivity contribution >= 4 is 5.69 Å². The van der Waals surface area contributed by atoms with Gasteiger partial charge in [0, 0.05) is 18.8 Å². The molecule has 2 atom stereocenters. The highest BCUT2D eigenvalue weighted by molar-refractivity contribution is 5.58. The quantitative estimate of drug-likeness (QED) is 0.827. The van der Waals surface area contributed by atoms with Crippen LogP contribution < -0.4 is 9.64 Å². The number of aliphatic hydroxyl groups excluding tert-OH is 2. The van der Waals surface area contributed by atoms with Gasteiger partial charge < -0.3 is 24.6 Å². The van der Waals surface area contributed by atoms with Gasteiger partial charge in [-0.1, -0.05) is 18.2 Å². The monoisotopic (exact) mass is 386 g/mol. The lowest BCUT2D eigenvalue weighted by molar-refractivity contribution is -0.0405. The molecule has 0 radical (unpaired) electrons. The van der Waals surface area contributed by atoms with Crippen LogP contribution >= 0.6 is 0 Å². The first-order valence-electron chi connectivity index (χ1n) is 9.96. The largest absolute Gasteiger partial charge is 0.491 e. The standard InChI is InChI=1S/C22H30N2O4/c1-17-7-6-8-18(23-17)15-24-12-11-20(25)21(26)16-27-13-4-5-14-28-22-10-3-2-9-19(22)24/h2-3,6-10,20-21,25-26H,4-5,11-16H2,1H3/t20-,21+/m0/s1. The minimum Gasteiger partial charge on any atom is -0.491 e. The molecule has 6 nitrogen and oxygen atoms in total. The van der Waals surface area contributed by atoms with E-state index < -0.39 is 12.2 Å². The van der Waals surface area contributed by atoms with Gasteiger partial charge in [-0.05, 0) is 50.5 Å². The van der Waals surface area contributed by atoms with E-state index >= 15 is 0 Å². The zero-order valence-electron chi connectivity index (χ0n) is 16.5. The summed E-state index contributed by atoms with van der Waals surface area (Å²) in [4.78, 5) is 6.77. The molecule has 6 heteroatoms. The normalized spacial score (nSPS) is 22.0. The van der Waals surface area contributed by atoms with Crippen molar-refractivity contribution in [2.45, 2.75) is 44.9 Å². The fourth-order valence-corrected chi connectivity index (χ4v) is 3.29. The molecule has 0 bridgehead atoms. The summed E-state index contributed by atoms with van der Waals surface area (Å²) < 4.78 is 11.5. The van der Waals surface area contributed by atoms with Crippen LogP contribution in [0.15, 0.2) is 42.5 Å². The van der Waals surface area contributed by atoms with Crippen LogP contribution in [0.1, 0.15) is 30.7 Å². The van der Waals surface area contributed by atoms with Gasteiger partial charge in [-0.3, -0.25) is 4.98 Å². The summed E-state index contributed by atoms with van der Waals surface area (Å²) in [5.41, 5.74) is 2.90. The molecule has 152 valence electrons. The van der Waals surface area contributed by atoms with E-state index in [1.165, 1.54) is 0 Å². The van der Waals surface area contributed by atoms with E-state index in [1.807, 2.05) is 49.4 Å². The predicted molar refractivity (Wildman–Crippen MR) is 109 cm³/mol. The minimum absolute atomic E-state index is 0.151. The molecule has 2 heterocycles. The second-order valence-corrected chi connectivity index (χ2v) is 7.21. The van der Waals surface area contributed by atoms with E-state index in [2.05, 4.69) is 9.88 Å². The lowest BCUT2D eigenvalue weighted by Crippen LogP contribution is -2.35. The molecule has 1 aliphatic heterocycles. The fourth-order valence-electron chi connectivity index (χ4n) is 3.29. The van der Waals surface area contributed by atoms with Gasteiger partial charge in [0.2, 0.25) is 0 Å². The number of para-hydroxylation sites is 2. The van der Waals surface area contributed by atoms with Crippen molar-refractivity contribution in [3.05, 3.63) is 53.9 Å². The van der Waals surface area contributed by atoms with Crippen molar-refractivity contribution < 1.29 is 19.7 Å². The Morgan fingerprint density at radius 1 is 1.04 bits per heavy atom. The Morgan fingerprint density at radius 2 is 1.86 bits per heavy atom. The van der Waals surface area contributed by atoms with Gasteiger partial charge in [-0.15, -0.1) is 0 Å². The molecule has 3 rings (SSSR count). The van der Waals surface area contributed by atoms with Crippen molar-refractivity contribution in [1.29, 1.82) is 0 Å². The van der Waals surface area contributed by atoms with Crippen LogP contribution in [-0.4, -0.2) is 53.8 Å². The molecule has 0 saturated heterocycles. The number of fused-ring (bicyclic) bond motifs is 1. The van der Waals surface area contributed by atoms with Crippen molar-refractivity contribution in [2.75, 3.05) is 31.3 Å². The van der Waals surface area contributed by atoms with Gasteiger partial charge in [-0.25, -0.2) is 0 Å². The average Bonchev–Trinajstić information content (AvgIpc) is 2.70. The van der Waals surface area contributed by atoms with Gasteiger partial charge in [-0.2, -0.15) is 0 Å². The molecule has 28 heavy (non-hydrogen) atoms. The second-order valence-electron chi connectivity index (χ2n) is 7.21. The third-order valence-corrected chi connectivity index (χ3v) is 4.87. The highest BCUT2D eigenvalue weighted by Crippen LogP contribution is 2.30. The van der Waals surface area contributed by atoms with Crippen molar-refractivity contribution in [3.8, 4) is 5.75 Å². The minimum atomic E-state index is -0.881. The summed E-state index contributed by atoms with van der Waals surface area (Å²) in [7, 11) is 0. The first-order valence-corrected chi connectivity index (χ1v) is 9.96. The van der Waals surface area contributed by atoms with Gasteiger partial charge in [0.15, 0.2) is 0 Å². The van der Waals surface area contributed by atoms with Gasteiger partial charge in [0.1, 0.15) is 11.9 Å². The van der Waals surface area contributed by atoms with Crippen LogP contribution in [0.5, 0.6) is 5.75 Å². The number of rotatable bonds is 2. The topological polar surface area (TPSA) is 75.1 Å². The number of aliphatic hydroxyl groups is 2. The Hall–Kier alpha value is -2.15. The van der Waals surface area contributed by atoms with Crippen molar-refractivity contribution in [3.63, 3.8) is 0 Å². The van der Waals surface area contributed by atoms with Crippen LogP contribution in [0.4, 0.5) is 5.69 Å². The fraction of sp³-hybridized carbons (Fsp3) is 0.500. The number of aryl methyl sites for hydroxylation is 1. The molecule has 1 aromatic heterocycles. The summed E-state index contributed by atoms with van der Waals surface area (Å²) in [6.07, 6.45) is 0.413. The number of nitrogens with zero attached hydrogens (tertiary/aromatic N) is 2. The Labute approximate surface area is 166 Å². The summed E-state index contributed by atoms with van der Waals surface area (Å²) in [6.45, 7) is 4.46. The number of benzene rings is 1. The van der Waals surface area contributed by atoms with E-state index in [4.69, 9.17) is 9.47 Å². The first-order chi connectivity index (χ1) is 13.6. The number of anilines is 1. The lowest BCUT2D eigenvalue weighted by Gasteiger charge is -2.29. The molecule has 1 aliphatic rings. The maximum absolute atomic E-state index is 10.4. The summed E-state index contributed by atoms with van der Waals surface area (Å²) in [5.74, 6) is 0.822. The molecule has 0 aliphatic carbocycles. The van der Waals surface area contributed by atoms with E-state index in [0.29, 0.717) is 32.7 Å².